The maximum Gasteiger partial charge on any atom is 0.193 e. The molecule has 6 nitrogen and oxygen atoms in total. The number of methoxy groups -OCH3 is 1. The third kappa shape index (κ3) is 4.64. The van der Waals surface area contributed by atoms with Crippen LogP contribution in [-0.2, 0) is 15.9 Å². The van der Waals surface area contributed by atoms with E-state index in [-0.39, 0.29) is 12.2 Å². The first kappa shape index (κ1) is 18.0. The molecule has 0 saturated carbocycles. The van der Waals surface area contributed by atoms with Gasteiger partial charge < -0.3 is 24.4 Å². The van der Waals surface area contributed by atoms with E-state index in [9.17, 15) is 0 Å². The Kier molecular flexibility index (Phi) is 6.53. The standard InChI is InChI=1S/C19H29N3O3/c1-20-19(21-10-9-15-6-3-4-7-16(15)23-2)22-11-13-25-18(14-22)17-8-5-12-24-17/h3-4,6-7,17-18H,5,8-14H2,1-2H3,(H,20,21). The molecule has 2 atom stereocenters. The van der Waals surface area contributed by atoms with Gasteiger partial charge in [-0.15, -0.1) is 0 Å². The lowest BCUT2D eigenvalue weighted by molar-refractivity contribution is -0.0816. The maximum atomic E-state index is 5.92. The maximum absolute atomic E-state index is 5.92. The first-order valence-corrected chi connectivity index (χ1v) is 9.12. The number of morpholine rings is 1. The Morgan fingerprint density at radius 1 is 1.28 bits per heavy atom. The lowest BCUT2D eigenvalue weighted by atomic mass is 10.1. The molecule has 2 unspecified atom stereocenters. The number of guanidine groups is 1. The first-order chi connectivity index (χ1) is 12.3. The van der Waals surface area contributed by atoms with Crippen LogP contribution in [0.3, 0.4) is 0 Å². The molecule has 0 bridgehead atoms. The predicted molar refractivity (Wildman–Crippen MR) is 98.3 cm³/mol. The zero-order chi connectivity index (χ0) is 17.5. The Balaban J connectivity index is 1.51. The summed E-state index contributed by atoms with van der Waals surface area (Å²) in [6, 6.07) is 8.14. The van der Waals surface area contributed by atoms with Gasteiger partial charge in [0.2, 0.25) is 0 Å². The molecule has 0 aromatic heterocycles. The number of nitrogens with one attached hydrogen (secondary N) is 1. The van der Waals surface area contributed by atoms with Crippen LogP contribution in [0.15, 0.2) is 29.3 Å². The van der Waals surface area contributed by atoms with Crippen LogP contribution < -0.4 is 10.1 Å². The number of hydrogen-bond acceptors (Lipinski definition) is 4. The van der Waals surface area contributed by atoms with Gasteiger partial charge in [0.25, 0.3) is 0 Å². The minimum atomic E-state index is 0.143. The first-order valence-electron chi connectivity index (χ1n) is 9.12. The van der Waals surface area contributed by atoms with E-state index in [2.05, 4.69) is 21.3 Å². The van der Waals surface area contributed by atoms with Crippen molar-refractivity contribution in [2.75, 3.05) is 47.0 Å². The second kappa shape index (κ2) is 9.06. The highest BCUT2D eigenvalue weighted by molar-refractivity contribution is 5.80. The summed E-state index contributed by atoms with van der Waals surface area (Å²) in [5.41, 5.74) is 1.20. The van der Waals surface area contributed by atoms with Crippen molar-refractivity contribution in [2.24, 2.45) is 4.99 Å². The molecule has 2 heterocycles. The molecule has 3 rings (SSSR count). The predicted octanol–water partition coefficient (Wildman–Crippen LogP) is 1.69. The van der Waals surface area contributed by atoms with Crippen molar-refractivity contribution in [2.45, 2.75) is 31.5 Å². The van der Waals surface area contributed by atoms with Crippen molar-refractivity contribution >= 4 is 5.96 Å². The van der Waals surface area contributed by atoms with Crippen LogP contribution in [0.1, 0.15) is 18.4 Å². The molecule has 2 aliphatic heterocycles. The molecule has 0 radical (unpaired) electrons. The average molecular weight is 347 g/mol. The molecule has 6 heteroatoms. The Bertz CT molecular complexity index is 573. The van der Waals surface area contributed by atoms with Gasteiger partial charge in [0, 0.05) is 33.3 Å². The minimum Gasteiger partial charge on any atom is -0.496 e. The Morgan fingerprint density at radius 3 is 2.88 bits per heavy atom. The summed E-state index contributed by atoms with van der Waals surface area (Å²) in [5, 5.41) is 3.47. The molecule has 0 aliphatic carbocycles. The number of benzene rings is 1. The van der Waals surface area contributed by atoms with E-state index >= 15 is 0 Å². The van der Waals surface area contributed by atoms with Gasteiger partial charge in [-0.05, 0) is 30.9 Å². The molecular weight excluding hydrogens is 318 g/mol. The smallest absolute Gasteiger partial charge is 0.193 e. The van der Waals surface area contributed by atoms with Crippen LogP contribution in [0, 0.1) is 0 Å². The molecule has 1 aromatic carbocycles. The number of rotatable bonds is 5. The van der Waals surface area contributed by atoms with Crippen LogP contribution in [0.25, 0.3) is 0 Å². The van der Waals surface area contributed by atoms with Crippen LogP contribution in [0.4, 0.5) is 0 Å². The van der Waals surface area contributed by atoms with Gasteiger partial charge in [0.05, 0.1) is 19.8 Å². The second-order valence-corrected chi connectivity index (χ2v) is 6.44. The molecule has 1 N–H and O–H groups in total. The highest BCUT2D eigenvalue weighted by atomic mass is 16.5. The summed E-state index contributed by atoms with van der Waals surface area (Å²) < 4.78 is 17.1. The average Bonchev–Trinajstić information content (AvgIpc) is 3.20. The van der Waals surface area contributed by atoms with E-state index in [4.69, 9.17) is 14.2 Å². The number of hydrogen-bond donors (Lipinski definition) is 1. The molecule has 0 amide bonds. The summed E-state index contributed by atoms with van der Waals surface area (Å²) in [4.78, 5) is 6.73. The molecule has 2 fully saturated rings. The fraction of sp³-hybridized carbons (Fsp3) is 0.632. The van der Waals surface area contributed by atoms with Gasteiger partial charge in [-0.3, -0.25) is 4.99 Å². The Labute approximate surface area is 150 Å². The molecular formula is C19H29N3O3. The number of para-hydroxylation sites is 1. The number of nitrogens with zero attached hydrogens (tertiary/aromatic N) is 2. The van der Waals surface area contributed by atoms with Crippen LogP contribution >= 0.6 is 0 Å². The van der Waals surface area contributed by atoms with Crippen LogP contribution in [0.2, 0.25) is 0 Å². The zero-order valence-corrected chi connectivity index (χ0v) is 15.2. The summed E-state index contributed by atoms with van der Waals surface area (Å²) in [6.07, 6.45) is 3.50. The fourth-order valence-corrected chi connectivity index (χ4v) is 3.54. The summed E-state index contributed by atoms with van der Waals surface area (Å²) in [7, 11) is 3.55. The van der Waals surface area contributed by atoms with Gasteiger partial charge in [0.1, 0.15) is 11.9 Å². The second-order valence-electron chi connectivity index (χ2n) is 6.44. The lowest BCUT2D eigenvalue weighted by Gasteiger charge is -2.37. The Morgan fingerprint density at radius 2 is 2.12 bits per heavy atom. The van der Waals surface area contributed by atoms with Crippen molar-refractivity contribution in [3.63, 3.8) is 0 Å². The fourth-order valence-electron chi connectivity index (χ4n) is 3.54. The third-order valence-corrected chi connectivity index (χ3v) is 4.85. The molecule has 138 valence electrons. The van der Waals surface area contributed by atoms with Crippen LogP contribution in [0.5, 0.6) is 5.75 Å². The molecule has 0 spiro atoms. The van der Waals surface area contributed by atoms with E-state index in [1.165, 1.54) is 5.56 Å². The minimum absolute atomic E-state index is 0.143. The van der Waals surface area contributed by atoms with E-state index in [1.54, 1.807) is 7.11 Å². The van der Waals surface area contributed by atoms with E-state index < -0.39 is 0 Å². The largest absolute Gasteiger partial charge is 0.496 e. The van der Waals surface area contributed by atoms with Gasteiger partial charge in [-0.25, -0.2) is 0 Å². The molecule has 2 saturated heterocycles. The SMILES string of the molecule is CN=C(NCCc1ccccc1OC)N1CCOC(C2CCCO2)C1. The third-order valence-electron chi connectivity index (χ3n) is 4.85. The molecule has 25 heavy (non-hydrogen) atoms. The van der Waals surface area contributed by atoms with E-state index in [1.807, 2.05) is 25.2 Å². The quantitative estimate of drug-likeness (QED) is 0.649. The van der Waals surface area contributed by atoms with Crippen LogP contribution in [-0.4, -0.2) is 70.1 Å². The van der Waals surface area contributed by atoms with Crippen molar-refractivity contribution < 1.29 is 14.2 Å². The van der Waals surface area contributed by atoms with Crippen molar-refractivity contribution in [3.8, 4) is 5.75 Å². The summed E-state index contributed by atoms with van der Waals surface area (Å²) in [5.74, 6) is 1.87. The van der Waals surface area contributed by atoms with Crippen molar-refractivity contribution in [1.29, 1.82) is 0 Å². The number of aliphatic imine (C=N–C) groups is 1. The highest BCUT2D eigenvalue weighted by Crippen LogP contribution is 2.21. The topological polar surface area (TPSA) is 55.3 Å². The summed E-state index contributed by atoms with van der Waals surface area (Å²) >= 11 is 0. The number of ether oxygens (including phenoxy) is 3. The molecule has 1 aromatic rings. The monoisotopic (exact) mass is 347 g/mol. The van der Waals surface area contributed by atoms with E-state index in [0.29, 0.717) is 0 Å². The zero-order valence-electron chi connectivity index (χ0n) is 15.2. The van der Waals surface area contributed by atoms with Gasteiger partial charge >= 0.3 is 0 Å². The normalized spacial score (nSPS) is 24.4. The van der Waals surface area contributed by atoms with E-state index in [0.717, 1.165) is 63.8 Å². The van der Waals surface area contributed by atoms with Crippen molar-refractivity contribution in [3.05, 3.63) is 29.8 Å². The Hall–Kier alpha value is -1.79. The van der Waals surface area contributed by atoms with Crippen molar-refractivity contribution in [1.82, 2.24) is 10.2 Å². The highest BCUT2D eigenvalue weighted by Gasteiger charge is 2.32. The van der Waals surface area contributed by atoms with Gasteiger partial charge in [0.15, 0.2) is 5.96 Å². The lowest BCUT2D eigenvalue weighted by Crippen LogP contribution is -2.53. The molecule has 2 aliphatic rings. The van der Waals surface area contributed by atoms with Gasteiger partial charge in [-0.1, -0.05) is 18.2 Å². The van der Waals surface area contributed by atoms with Gasteiger partial charge in [-0.2, -0.15) is 0 Å². The summed E-state index contributed by atoms with van der Waals surface area (Å²) in [6.45, 7) is 4.08.